The number of phenols is 1. The van der Waals surface area contributed by atoms with Gasteiger partial charge in [-0.15, -0.1) is 0 Å². The zero-order valence-electron chi connectivity index (χ0n) is 17.8. The van der Waals surface area contributed by atoms with E-state index in [9.17, 15) is 14.7 Å². The van der Waals surface area contributed by atoms with E-state index in [1.54, 1.807) is 19.2 Å². The smallest absolute Gasteiger partial charge is 0.162 e. The number of aromatic hydroxyl groups is 1. The van der Waals surface area contributed by atoms with Crippen LogP contribution in [0.4, 0.5) is 0 Å². The highest BCUT2D eigenvalue weighted by atomic mass is 35.5. The molecule has 1 heterocycles. The number of rotatable bonds is 8. The molecule has 0 aromatic heterocycles. The van der Waals surface area contributed by atoms with Crippen molar-refractivity contribution in [2.24, 2.45) is 0 Å². The Labute approximate surface area is 196 Å². The third kappa shape index (κ3) is 7.27. The molecule has 10 heteroatoms. The summed E-state index contributed by atoms with van der Waals surface area (Å²) < 4.78 is 21.0. The average Bonchev–Trinajstić information content (AvgIpc) is 2.82. The van der Waals surface area contributed by atoms with Crippen LogP contribution in [0.1, 0.15) is 20.7 Å². The van der Waals surface area contributed by atoms with E-state index in [1.165, 1.54) is 19.2 Å². The molecule has 1 fully saturated rings. The number of nitrogens with zero attached hydrogens (tertiary/aromatic N) is 1. The van der Waals surface area contributed by atoms with E-state index in [-0.39, 0.29) is 22.1 Å². The summed E-state index contributed by atoms with van der Waals surface area (Å²) in [5, 5.41) is 9.83. The molecule has 0 saturated carbocycles. The van der Waals surface area contributed by atoms with Gasteiger partial charge in [-0.1, -0.05) is 23.2 Å². The Morgan fingerprint density at radius 3 is 2.06 bits per heavy atom. The van der Waals surface area contributed by atoms with Crippen molar-refractivity contribution >= 4 is 35.8 Å². The Morgan fingerprint density at radius 1 is 0.938 bits per heavy atom. The minimum Gasteiger partial charge on any atom is -0.504 e. The van der Waals surface area contributed by atoms with Crippen LogP contribution >= 0.6 is 23.2 Å². The lowest BCUT2D eigenvalue weighted by atomic mass is 10.2. The number of phenolic OH excluding ortho intramolecular Hbond substituents is 1. The van der Waals surface area contributed by atoms with Crippen molar-refractivity contribution in [1.82, 2.24) is 4.90 Å². The predicted octanol–water partition coefficient (Wildman–Crippen LogP) is 3.74. The van der Waals surface area contributed by atoms with Gasteiger partial charge in [0, 0.05) is 42.9 Å². The number of hydrogen-bond donors (Lipinski definition) is 1. The van der Waals surface area contributed by atoms with Crippen LogP contribution in [0.2, 0.25) is 10.0 Å². The SMILES string of the molecule is COc1cc(Cl)c(C=O)cc1O.COc1cc(Cl)c(C=O)cc1OCCN1CCOCC1. The van der Waals surface area contributed by atoms with Crippen molar-refractivity contribution in [2.75, 3.05) is 53.7 Å². The standard InChI is InChI=1S/C14H18ClNO4.C8H7ClO3/c1-18-13-9-12(15)11(10-17)8-14(13)20-7-4-16-2-5-19-6-3-16;1-12-8-3-6(9)5(4-10)2-7(8)11/h8-10H,2-7H2,1H3;2-4,11H,1H3. The van der Waals surface area contributed by atoms with Crippen LogP contribution in [0.25, 0.3) is 0 Å². The van der Waals surface area contributed by atoms with Gasteiger partial charge in [-0.3, -0.25) is 14.5 Å². The molecule has 174 valence electrons. The molecular formula is C22H25Cl2NO7. The molecule has 1 saturated heterocycles. The second kappa shape index (κ2) is 13.1. The van der Waals surface area contributed by atoms with E-state index in [2.05, 4.69) is 4.90 Å². The van der Waals surface area contributed by atoms with Crippen molar-refractivity contribution in [3.05, 3.63) is 45.4 Å². The number of morpholine rings is 1. The average molecular weight is 486 g/mol. The monoisotopic (exact) mass is 485 g/mol. The Balaban J connectivity index is 0.000000258. The van der Waals surface area contributed by atoms with Gasteiger partial charge in [-0.2, -0.15) is 0 Å². The highest BCUT2D eigenvalue weighted by Crippen LogP contribution is 2.33. The minimum absolute atomic E-state index is 0.0935. The van der Waals surface area contributed by atoms with Crippen LogP contribution in [0.15, 0.2) is 24.3 Å². The molecule has 1 N–H and O–H groups in total. The van der Waals surface area contributed by atoms with Gasteiger partial charge in [-0.25, -0.2) is 0 Å². The fourth-order valence-electron chi connectivity index (χ4n) is 2.84. The molecule has 1 aliphatic rings. The van der Waals surface area contributed by atoms with Gasteiger partial charge in [0.2, 0.25) is 0 Å². The lowest BCUT2D eigenvalue weighted by molar-refractivity contribution is 0.0321. The number of halogens is 2. The predicted molar refractivity (Wildman–Crippen MR) is 121 cm³/mol. The van der Waals surface area contributed by atoms with Crippen LogP contribution in [-0.2, 0) is 4.74 Å². The first kappa shape index (κ1) is 25.7. The van der Waals surface area contributed by atoms with Crippen LogP contribution in [0, 0.1) is 0 Å². The van der Waals surface area contributed by atoms with E-state index < -0.39 is 0 Å². The quantitative estimate of drug-likeness (QED) is 0.565. The van der Waals surface area contributed by atoms with E-state index in [4.69, 9.17) is 42.1 Å². The summed E-state index contributed by atoms with van der Waals surface area (Å²) >= 11 is 11.6. The molecule has 0 unspecified atom stereocenters. The zero-order valence-corrected chi connectivity index (χ0v) is 19.3. The maximum atomic E-state index is 10.9. The molecule has 32 heavy (non-hydrogen) atoms. The molecule has 0 bridgehead atoms. The first-order valence-corrected chi connectivity index (χ1v) is 10.5. The first-order chi connectivity index (χ1) is 15.4. The van der Waals surface area contributed by atoms with Crippen molar-refractivity contribution < 1.29 is 33.6 Å². The Kier molecular flexibility index (Phi) is 10.6. The number of aldehydes is 2. The van der Waals surface area contributed by atoms with Gasteiger partial charge in [-0.05, 0) is 12.1 Å². The summed E-state index contributed by atoms with van der Waals surface area (Å²) in [6.45, 7) is 4.70. The molecule has 3 rings (SSSR count). The lowest BCUT2D eigenvalue weighted by Gasteiger charge is -2.26. The number of ether oxygens (including phenoxy) is 4. The third-order valence-corrected chi connectivity index (χ3v) is 5.26. The number of carbonyl (C=O) groups is 2. The number of methoxy groups -OCH3 is 2. The van der Waals surface area contributed by atoms with Gasteiger partial charge in [0.05, 0.1) is 37.5 Å². The maximum Gasteiger partial charge on any atom is 0.162 e. The fourth-order valence-corrected chi connectivity index (χ4v) is 3.23. The Morgan fingerprint density at radius 2 is 1.50 bits per heavy atom. The van der Waals surface area contributed by atoms with Crippen molar-refractivity contribution in [1.29, 1.82) is 0 Å². The molecule has 0 radical (unpaired) electrons. The Bertz CT molecular complexity index is 918. The summed E-state index contributed by atoms with van der Waals surface area (Å²) in [4.78, 5) is 23.5. The van der Waals surface area contributed by atoms with Crippen molar-refractivity contribution in [3.8, 4) is 23.0 Å². The molecule has 0 amide bonds. The summed E-state index contributed by atoms with van der Waals surface area (Å²) in [6, 6.07) is 5.84. The lowest BCUT2D eigenvalue weighted by Crippen LogP contribution is -2.38. The number of carbonyl (C=O) groups excluding carboxylic acids is 2. The molecule has 1 aliphatic heterocycles. The normalized spacial score (nSPS) is 13.5. The van der Waals surface area contributed by atoms with Gasteiger partial charge < -0.3 is 24.1 Å². The zero-order chi connectivity index (χ0) is 23.5. The molecule has 2 aromatic rings. The summed E-state index contributed by atoms with van der Waals surface area (Å²) in [5.74, 6) is 1.23. The van der Waals surface area contributed by atoms with Crippen LogP contribution in [0.3, 0.4) is 0 Å². The fraction of sp³-hybridized carbons (Fsp3) is 0.364. The number of benzene rings is 2. The summed E-state index contributed by atoms with van der Waals surface area (Å²) in [5.41, 5.74) is 0.642. The van der Waals surface area contributed by atoms with Gasteiger partial charge in [0.25, 0.3) is 0 Å². The third-order valence-electron chi connectivity index (χ3n) is 4.60. The highest BCUT2D eigenvalue weighted by molar-refractivity contribution is 6.33. The van der Waals surface area contributed by atoms with Crippen molar-refractivity contribution in [3.63, 3.8) is 0 Å². The molecule has 8 nitrogen and oxygen atoms in total. The molecule has 0 atom stereocenters. The van der Waals surface area contributed by atoms with Gasteiger partial charge >= 0.3 is 0 Å². The highest BCUT2D eigenvalue weighted by Gasteiger charge is 2.13. The maximum absolute atomic E-state index is 10.9. The summed E-state index contributed by atoms with van der Waals surface area (Å²) in [7, 11) is 2.95. The molecular weight excluding hydrogens is 461 g/mol. The van der Waals surface area contributed by atoms with E-state index >= 15 is 0 Å². The molecule has 2 aromatic carbocycles. The molecule has 0 spiro atoms. The second-order valence-electron chi connectivity index (χ2n) is 6.61. The molecule has 0 aliphatic carbocycles. The van der Waals surface area contributed by atoms with Crippen LogP contribution in [-0.4, -0.2) is 76.3 Å². The van der Waals surface area contributed by atoms with Crippen molar-refractivity contribution in [2.45, 2.75) is 0 Å². The first-order valence-electron chi connectivity index (χ1n) is 9.70. The van der Waals surface area contributed by atoms with Gasteiger partial charge in [0.1, 0.15) is 6.61 Å². The number of hydrogen-bond acceptors (Lipinski definition) is 8. The topological polar surface area (TPSA) is 94.5 Å². The minimum atomic E-state index is -0.0935. The largest absolute Gasteiger partial charge is 0.504 e. The van der Waals surface area contributed by atoms with E-state index in [0.717, 1.165) is 32.8 Å². The van der Waals surface area contributed by atoms with Crippen LogP contribution in [0.5, 0.6) is 23.0 Å². The summed E-state index contributed by atoms with van der Waals surface area (Å²) in [6.07, 6.45) is 1.28. The Hall–Kier alpha value is -2.52. The second-order valence-corrected chi connectivity index (χ2v) is 7.42. The van der Waals surface area contributed by atoms with E-state index in [0.29, 0.717) is 41.3 Å². The van der Waals surface area contributed by atoms with Gasteiger partial charge in [0.15, 0.2) is 35.6 Å². The van der Waals surface area contributed by atoms with E-state index in [1.807, 2.05) is 0 Å². The van der Waals surface area contributed by atoms with Crippen LogP contribution < -0.4 is 14.2 Å².